The summed E-state index contributed by atoms with van der Waals surface area (Å²) in [6, 6.07) is 0. The van der Waals surface area contributed by atoms with Gasteiger partial charge in [0.25, 0.3) is 0 Å². The van der Waals surface area contributed by atoms with E-state index in [4.69, 9.17) is 37.0 Å². The summed E-state index contributed by atoms with van der Waals surface area (Å²) in [5.74, 6) is 0. The van der Waals surface area contributed by atoms with Crippen LogP contribution in [0.15, 0.2) is 0 Å². The van der Waals surface area contributed by atoms with Gasteiger partial charge in [-0.2, -0.15) is 0 Å². The van der Waals surface area contributed by atoms with Crippen LogP contribution in [0.5, 0.6) is 0 Å². The third-order valence-electron chi connectivity index (χ3n) is 1.33. The third kappa shape index (κ3) is 19.3. The van der Waals surface area contributed by atoms with Crippen LogP contribution in [-0.4, -0.2) is 70.7 Å². The number of aliphatic hydroxyl groups is 5. The Balaban J connectivity index is -0.000000179. The number of rotatable bonds is 5. The maximum atomic E-state index is 8.34. The quantitative estimate of drug-likeness (QED) is 0.271. The maximum Gasteiger partial charge on any atom is 0.0856 e. The zero-order valence-corrected chi connectivity index (χ0v) is 9.84. The van der Waals surface area contributed by atoms with Crippen molar-refractivity contribution in [3.05, 3.63) is 0 Å². The Kier molecular flexibility index (Phi) is 22.5. The molecule has 0 spiro atoms. The number of hydrogen-bond donors (Lipinski definition) is 7. The molecule has 16 heavy (non-hydrogen) atoms. The molecule has 0 amide bonds. The van der Waals surface area contributed by atoms with Gasteiger partial charge >= 0.3 is 0 Å². The summed E-state index contributed by atoms with van der Waals surface area (Å²) in [7, 11) is 0. The normalized spacial score (nSPS) is 9.75. The summed E-state index contributed by atoms with van der Waals surface area (Å²) in [6.07, 6.45) is 1.10. The van der Waals surface area contributed by atoms with Crippen molar-refractivity contribution >= 4 is 0 Å². The molecule has 0 saturated carbocycles. The molecular weight excluding hydrogens is 216 g/mol. The van der Waals surface area contributed by atoms with Crippen LogP contribution in [0.1, 0.15) is 13.3 Å². The summed E-state index contributed by atoms with van der Waals surface area (Å²) in [6.45, 7) is 1.42. The Morgan fingerprint density at radius 1 is 0.875 bits per heavy atom. The molecule has 0 fully saturated rings. The van der Waals surface area contributed by atoms with E-state index in [2.05, 4.69) is 6.92 Å². The minimum absolute atomic E-state index is 0.125. The van der Waals surface area contributed by atoms with Crippen molar-refractivity contribution in [2.24, 2.45) is 11.5 Å². The summed E-state index contributed by atoms with van der Waals surface area (Å²) in [4.78, 5) is 0. The molecule has 7 heteroatoms. The van der Waals surface area contributed by atoms with Crippen LogP contribution in [0.2, 0.25) is 0 Å². The number of hydrogen-bond acceptors (Lipinski definition) is 7. The molecule has 0 bridgehead atoms. The van der Waals surface area contributed by atoms with E-state index in [0.29, 0.717) is 0 Å². The first-order valence-corrected chi connectivity index (χ1v) is 5.05. The van der Waals surface area contributed by atoms with Gasteiger partial charge in [0, 0.05) is 0 Å². The molecule has 0 aliphatic heterocycles. The van der Waals surface area contributed by atoms with E-state index >= 15 is 0 Å². The second-order valence-corrected chi connectivity index (χ2v) is 3.07. The first-order valence-electron chi connectivity index (χ1n) is 5.05. The molecule has 9 N–H and O–H groups in total. The van der Waals surface area contributed by atoms with Crippen molar-refractivity contribution in [2.75, 3.05) is 39.6 Å². The molecule has 102 valence electrons. The Morgan fingerprint density at radius 3 is 1.12 bits per heavy atom. The lowest BCUT2D eigenvalue weighted by Crippen LogP contribution is -2.50. The van der Waals surface area contributed by atoms with Crippen LogP contribution in [-0.2, 0) is 0 Å². The van der Waals surface area contributed by atoms with Gasteiger partial charge in [0.15, 0.2) is 0 Å². The van der Waals surface area contributed by atoms with E-state index in [1.54, 1.807) is 0 Å². The average Bonchev–Trinajstić information content (AvgIpc) is 2.38. The predicted molar refractivity (Wildman–Crippen MR) is 61.7 cm³/mol. The van der Waals surface area contributed by atoms with Crippen molar-refractivity contribution in [3.63, 3.8) is 0 Å². The van der Waals surface area contributed by atoms with E-state index in [-0.39, 0.29) is 13.2 Å². The summed E-state index contributed by atoms with van der Waals surface area (Å²) in [5, 5.41) is 40.3. The maximum absolute atomic E-state index is 8.34. The van der Waals surface area contributed by atoms with E-state index in [1.165, 1.54) is 0 Å². The van der Waals surface area contributed by atoms with Gasteiger partial charge in [0.2, 0.25) is 0 Å². The highest BCUT2D eigenvalue weighted by molar-refractivity contribution is 4.80. The highest BCUT2D eigenvalue weighted by atomic mass is 16.3. The fraction of sp³-hybridized carbons (Fsp3) is 1.00. The first-order chi connectivity index (χ1) is 7.51. The molecule has 0 aliphatic carbocycles. The lowest BCUT2D eigenvalue weighted by Gasteiger charge is -2.20. The van der Waals surface area contributed by atoms with Crippen LogP contribution >= 0.6 is 0 Å². The monoisotopic (exact) mass is 242 g/mol. The standard InChI is InChI=1S/C4H11NO3.C3H9N.C2H6O2/c5-4(1-6,2-7)3-8;1-2-3-4;3-1-2-4/h6-8H,1-3,5H2;2-4H2,1H3;3-4H,1-2H2. The van der Waals surface area contributed by atoms with Gasteiger partial charge in [-0.1, -0.05) is 6.92 Å². The topological polar surface area (TPSA) is 153 Å². The summed E-state index contributed by atoms with van der Waals surface area (Å²) in [5.41, 5.74) is 8.97. The highest BCUT2D eigenvalue weighted by Gasteiger charge is 2.20. The molecule has 0 aromatic carbocycles. The molecule has 0 saturated heterocycles. The van der Waals surface area contributed by atoms with E-state index < -0.39 is 25.4 Å². The molecule has 0 unspecified atom stereocenters. The molecule has 7 nitrogen and oxygen atoms in total. The highest BCUT2D eigenvalue weighted by Crippen LogP contribution is 1.93. The van der Waals surface area contributed by atoms with Crippen molar-refractivity contribution in [1.29, 1.82) is 0 Å². The summed E-state index contributed by atoms with van der Waals surface area (Å²) < 4.78 is 0. The predicted octanol–water partition coefficient (Wildman–Crippen LogP) is -3.01. The van der Waals surface area contributed by atoms with Gasteiger partial charge < -0.3 is 37.0 Å². The Labute approximate surface area is 96.3 Å². The van der Waals surface area contributed by atoms with Crippen molar-refractivity contribution in [1.82, 2.24) is 0 Å². The molecule has 0 atom stereocenters. The lowest BCUT2D eigenvalue weighted by atomic mass is 10.1. The third-order valence-corrected chi connectivity index (χ3v) is 1.33. The minimum atomic E-state index is -1.21. The van der Waals surface area contributed by atoms with Gasteiger partial charge in [0.05, 0.1) is 38.6 Å². The molecule has 0 radical (unpaired) electrons. The van der Waals surface area contributed by atoms with E-state index in [0.717, 1.165) is 13.0 Å². The fourth-order valence-corrected chi connectivity index (χ4v) is 0.150. The zero-order chi connectivity index (χ0) is 13.4. The fourth-order valence-electron chi connectivity index (χ4n) is 0.150. The number of nitrogens with two attached hydrogens (primary N) is 2. The van der Waals surface area contributed by atoms with Gasteiger partial charge in [0.1, 0.15) is 0 Å². The molecule has 0 aromatic rings. The van der Waals surface area contributed by atoms with Crippen molar-refractivity contribution in [3.8, 4) is 0 Å². The second-order valence-electron chi connectivity index (χ2n) is 3.07. The van der Waals surface area contributed by atoms with Crippen LogP contribution in [0.3, 0.4) is 0 Å². The Bertz CT molecular complexity index is 95.8. The SMILES string of the molecule is CCCN.NC(CO)(CO)CO.OCCO. The molecular formula is C9H26N2O5. The smallest absolute Gasteiger partial charge is 0.0856 e. The van der Waals surface area contributed by atoms with E-state index in [9.17, 15) is 0 Å². The first kappa shape index (κ1) is 21.1. The van der Waals surface area contributed by atoms with Gasteiger partial charge in [-0.15, -0.1) is 0 Å². The molecule has 0 aliphatic rings. The largest absolute Gasteiger partial charge is 0.394 e. The van der Waals surface area contributed by atoms with Crippen LogP contribution in [0.25, 0.3) is 0 Å². The minimum Gasteiger partial charge on any atom is -0.394 e. The Morgan fingerprint density at radius 2 is 1.12 bits per heavy atom. The second kappa shape index (κ2) is 17.1. The van der Waals surface area contributed by atoms with Crippen LogP contribution < -0.4 is 11.5 Å². The van der Waals surface area contributed by atoms with Crippen LogP contribution in [0.4, 0.5) is 0 Å². The zero-order valence-electron chi connectivity index (χ0n) is 9.84. The van der Waals surface area contributed by atoms with Crippen LogP contribution in [0, 0.1) is 0 Å². The Hall–Kier alpha value is -0.280. The molecule has 0 heterocycles. The van der Waals surface area contributed by atoms with Crippen molar-refractivity contribution < 1.29 is 25.5 Å². The molecule has 0 rings (SSSR count). The van der Waals surface area contributed by atoms with Crippen molar-refractivity contribution in [2.45, 2.75) is 18.9 Å². The van der Waals surface area contributed by atoms with E-state index in [1.807, 2.05) is 0 Å². The van der Waals surface area contributed by atoms with Gasteiger partial charge in [-0.05, 0) is 13.0 Å². The van der Waals surface area contributed by atoms with Gasteiger partial charge in [-0.3, -0.25) is 0 Å². The summed E-state index contributed by atoms with van der Waals surface area (Å²) >= 11 is 0. The van der Waals surface area contributed by atoms with Gasteiger partial charge in [-0.25, -0.2) is 0 Å². The lowest BCUT2D eigenvalue weighted by molar-refractivity contribution is 0.0698. The molecule has 0 aromatic heterocycles. The number of aliphatic hydroxyl groups excluding tert-OH is 5. The average molecular weight is 242 g/mol.